The van der Waals surface area contributed by atoms with Gasteiger partial charge in [-0.05, 0) is 74.6 Å². The third kappa shape index (κ3) is 5.26. The lowest BCUT2D eigenvalue weighted by Crippen LogP contribution is -2.40. The van der Waals surface area contributed by atoms with E-state index in [4.69, 9.17) is 0 Å². The van der Waals surface area contributed by atoms with E-state index in [0.717, 1.165) is 36.3 Å². The molecule has 3 aromatic rings. The first kappa shape index (κ1) is 23.2. The molecule has 1 amide bonds. The second-order valence-corrected chi connectivity index (χ2v) is 9.30. The van der Waals surface area contributed by atoms with Crippen LogP contribution in [0.25, 0.3) is 6.08 Å². The summed E-state index contributed by atoms with van der Waals surface area (Å²) in [7, 11) is 1.69. The number of halogens is 1. The van der Waals surface area contributed by atoms with Crippen LogP contribution >= 0.6 is 0 Å². The van der Waals surface area contributed by atoms with Gasteiger partial charge in [0.25, 0.3) is 5.91 Å². The lowest BCUT2D eigenvalue weighted by atomic mass is 9.79. The number of amides is 1. The molecule has 4 N–H and O–H groups in total. The van der Waals surface area contributed by atoms with Gasteiger partial charge in [0.05, 0.1) is 17.1 Å². The number of rotatable bonds is 6. The van der Waals surface area contributed by atoms with E-state index in [0.29, 0.717) is 17.7 Å². The third-order valence-electron chi connectivity index (χ3n) is 6.78. The van der Waals surface area contributed by atoms with E-state index in [2.05, 4.69) is 43.7 Å². The molecule has 2 aliphatic rings. The number of pyridine rings is 1. The average Bonchev–Trinajstić information content (AvgIpc) is 3.42. The fourth-order valence-electron chi connectivity index (χ4n) is 5.05. The number of nitrogens with zero attached hydrogens (tertiary/aromatic N) is 3. The Morgan fingerprint density at radius 1 is 1.20 bits per heavy atom. The molecule has 182 valence electrons. The van der Waals surface area contributed by atoms with Crippen LogP contribution in [0.5, 0.6) is 0 Å². The molecule has 0 radical (unpaired) electrons. The highest BCUT2D eigenvalue weighted by Crippen LogP contribution is 2.33. The molecule has 0 spiro atoms. The van der Waals surface area contributed by atoms with Crippen molar-refractivity contribution in [1.29, 1.82) is 0 Å². The van der Waals surface area contributed by atoms with Gasteiger partial charge in [0, 0.05) is 37.1 Å². The van der Waals surface area contributed by atoms with Gasteiger partial charge < -0.3 is 10.6 Å². The maximum absolute atomic E-state index is 14.5. The molecule has 4 atom stereocenters. The van der Waals surface area contributed by atoms with Gasteiger partial charge in [-0.1, -0.05) is 12.1 Å². The number of carbonyl (C=O) groups is 1. The number of carbonyl (C=O) groups excluding carboxylic acids is 1. The monoisotopic (exact) mass is 475 g/mol. The van der Waals surface area contributed by atoms with E-state index in [1.165, 1.54) is 10.7 Å². The topological polar surface area (TPSA) is 95.9 Å². The van der Waals surface area contributed by atoms with Crippen molar-refractivity contribution < 1.29 is 9.18 Å². The zero-order valence-corrected chi connectivity index (χ0v) is 19.8. The Hall–Kier alpha value is -3.56. The zero-order valence-electron chi connectivity index (χ0n) is 19.8. The number of nitrogens with one attached hydrogen (secondary N) is 4. The minimum Gasteiger partial charge on any atom is -0.382 e. The van der Waals surface area contributed by atoms with Gasteiger partial charge in [0.2, 0.25) is 0 Å². The average molecular weight is 476 g/mol. The number of benzene rings is 1. The molecule has 4 unspecified atom stereocenters. The Morgan fingerprint density at radius 2 is 2.09 bits per heavy atom. The number of aromatic nitrogens is 3. The number of hydrogen-bond donors (Lipinski definition) is 4. The van der Waals surface area contributed by atoms with Crippen LogP contribution in [0, 0.1) is 18.7 Å². The smallest absolute Gasteiger partial charge is 0.274 e. The molecular weight excluding hydrogens is 445 g/mol. The Labute approximate surface area is 204 Å². The summed E-state index contributed by atoms with van der Waals surface area (Å²) in [6.07, 6.45) is 9.06. The van der Waals surface area contributed by atoms with Gasteiger partial charge in [0.1, 0.15) is 11.5 Å². The molecule has 0 bridgehead atoms. The van der Waals surface area contributed by atoms with E-state index in [9.17, 15) is 9.18 Å². The quantitative estimate of drug-likeness (QED) is 0.435. The van der Waals surface area contributed by atoms with Crippen LogP contribution < -0.4 is 21.5 Å². The summed E-state index contributed by atoms with van der Waals surface area (Å²) >= 11 is 0. The maximum Gasteiger partial charge on any atom is 0.274 e. The van der Waals surface area contributed by atoms with Crippen LogP contribution in [0.4, 0.5) is 15.8 Å². The largest absolute Gasteiger partial charge is 0.382 e. The summed E-state index contributed by atoms with van der Waals surface area (Å²) in [5.74, 6) is -0.371. The van der Waals surface area contributed by atoms with Crippen molar-refractivity contribution in [2.75, 3.05) is 10.6 Å². The normalized spacial score (nSPS) is 23.9. The van der Waals surface area contributed by atoms with E-state index in [1.807, 2.05) is 25.1 Å². The van der Waals surface area contributed by atoms with Crippen molar-refractivity contribution in [3.8, 4) is 0 Å². The van der Waals surface area contributed by atoms with Crippen molar-refractivity contribution in [2.24, 2.45) is 13.0 Å². The second-order valence-electron chi connectivity index (χ2n) is 9.30. The number of anilines is 2. The maximum atomic E-state index is 14.5. The van der Waals surface area contributed by atoms with Crippen molar-refractivity contribution in [2.45, 2.75) is 44.3 Å². The summed E-state index contributed by atoms with van der Waals surface area (Å²) in [6.45, 7) is 1.81. The predicted octanol–water partition coefficient (Wildman–Crippen LogP) is 3.65. The van der Waals surface area contributed by atoms with Crippen molar-refractivity contribution >= 4 is 23.4 Å². The SMILES string of the molecule is Cc1cc(C(=O)Nc2cc(NC3CCC4C(/C=C/c5ccccn5)NNC4C3)ccc2F)n(C)n1. The second kappa shape index (κ2) is 9.97. The molecule has 5 rings (SSSR count). The standard InChI is InChI=1S/C26H30FN7O/c1-16-13-25(34(2)33-16)26(35)30-24-15-19(7-10-21(24)27)29-18-6-9-20-22(31-32-23(20)14-18)11-8-17-5-3-4-12-28-17/h3-5,7-8,10-13,15,18,20,22-23,29,31-32H,6,9,14H2,1-2H3,(H,30,35)/b11-8+. The van der Waals surface area contributed by atoms with E-state index in [-0.39, 0.29) is 17.8 Å². The molecule has 35 heavy (non-hydrogen) atoms. The number of hydrazine groups is 1. The number of fused-ring (bicyclic) bond motifs is 1. The number of hydrogen-bond acceptors (Lipinski definition) is 6. The van der Waals surface area contributed by atoms with E-state index >= 15 is 0 Å². The highest BCUT2D eigenvalue weighted by molar-refractivity contribution is 6.03. The van der Waals surface area contributed by atoms with Crippen LogP contribution in [-0.4, -0.2) is 38.8 Å². The molecule has 1 saturated carbocycles. The first-order valence-corrected chi connectivity index (χ1v) is 11.9. The minimum absolute atomic E-state index is 0.146. The highest BCUT2D eigenvalue weighted by atomic mass is 19.1. The lowest BCUT2D eigenvalue weighted by molar-refractivity contribution is 0.101. The van der Waals surface area contributed by atoms with Crippen molar-refractivity contribution in [3.05, 3.63) is 77.6 Å². The Bertz CT molecular complexity index is 1230. The molecule has 1 aliphatic heterocycles. The lowest BCUT2D eigenvalue weighted by Gasteiger charge is -2.33. The Kier molecular flexibility index (Phi) is 6.61. The molecule has 8 nitrogen and oxygen atoms in total. The fourth-order valence-corrected chi connectivity index (χ4v) is 5.05. The third-order valence-corrected chi connectivity index (χ3v) is 6.78. The fraction of sp³-hybridized carbons (Fsp3) is 0.346. The van der Waals surface area contributed by atoms with Crippen LogP contribution in [-0.2, 0) is 7.05 Å². The zero-order chi connectivity index (χ0) is 24.4. The molecule has 3 heterocycles. The van der Waals surface area contributed by atoms with E-state index < -0.39 is 11.7 Å². The highest BCUT2D eigenvalue weighted by Gasteiger charge is 2.39. The summed E-state index contributed by atoms with van der Waals surface area (Å²) in [4.78, 5) is 17.0. The minimum atomic E-state index is -0.476. The summed E-state index contributed by atoms with van der Waals surface area (Å²) < 4.78 is 15.9. The molecule has 2 fully saturated rings. The molecule has 2 aromatic heterocycles. The van der Waals surface area contributed by atoms with Gasteiger partial charge in [-0.2, -0.15) is 5.10 Å². The van der Waals surface area contributed by atoms with Gasteiger partial charge in [-0.25, -0.2) is 4.39 Å². The first-order valence-electron chi connectivity index (χ1n) is 11.9. The van der Waals surface area contributed by atoms with Gasteiger partial charge in [0.15, 0.2) is 0 Å². The number of aryl methyl sites for hydroxylation is 2. The molecule has 1 saturated heterocycles. The van der Waals surface area contributed by atoms with Crippen LogP contribution in [0.1, 0.15) is 41.1 Å². The summed E-state index contributed by atoms with van der Waals surface area (Å²) in [5.41, 5.74) is 9.85. The van der Waals surface area contributed by atoms with Crippen LogP contribution in [0.2, 0.25) is 0 Å². The van der Waals surface area contributed by atoms with Crippen LogP contribution in [0.15, 0.2) is 54.7 Å². The summed E-state index contributed by atoms with van der Waals surface area (Å²) in [6, 6.07) is 13.2. The van der Waals surface area contributed by atoms with E-state index in [1.54, 1.807) is 31.4 Å². The Balaban J connectivity index is 1.20. The van der Waals surface area contributed by atoms with Crippen molar-refractivity contribution in [1.82, 2.24) is 25.6 Å². The van der Waals surface area contributed by atoms with Gasteiger partial charge in [-0.3, -0.25) is 25.3 Å². The first-order chi connectivity index (χ1) is 17.0. The molecular formula is C26H30FN7O. The predicted molar refractivity (Wildman–Crippen MR) is 134 cm³/mol. The Morgan fingerprint density at radius 3 is 2.86 bits per heavy atom. The molecule has 1 aromatic carbocycles. The van der Waals surface area contributed by atoms with Crippen molar-refractivity contribution in [3.63, 3.8) is 0 Å². The van der Waals surface area contributed by atoms with Gasteiger partial charge in [-0.15, -0.1) is 0 Å². The van der Waals surface area contributed by atoms with Gasteiger partial charge >= 0.3 is 0 Å². The molecule has 9 heteroatoms. The summed E-state index contributed by atoms with van der Waals surface area (Å²) in [5, 5.41) is 10.4. The van der Waals surface area contributed by atoms with Crippen LogP contribution in [0.3, 0.4) is 0 Å². The molecule has 1 aliphatic carbocycles.